The zero-order valence-corrected chi connectivity index (χ0v) is 13.0. The predicted octanol–water partition coefficient (Wildman–Crippen LogP) is 2.15. The van der Waals surface area contributed by atoms with E-state index in [1.807, 2.05) is 24.3 Å². The van der Waals surface area contributed by atoms with Gasteiger partial charge in [0.2, 0.25) is 5.91 Å². The Morgan fingerprint density at radius 2 is 2.10 bits per heavy atom. The van der Waals surface area contributed by atoms with E-state index >= 15 is 0 Å². The van der Waals surface area contributed by atoms with E-state index in [1.54, 1.807) is 7.11 Å². The van der Waals surface area contributed by atoms with Gasteiger partial charge in [-0.05, 0) is 36.9 Å². The molecule has 5 heteroatoms. The molecule has 0 radical (unpaired) electrons. The largest absolute Gasteiger partial charge is 0.496 e. The molecule has 20 heavy (non-hydrogen) atoms. The summed E-state index contributed by atoms with van der Waals surface area (Å²) in [5.74, 6) is 1.27. The molecule has 114 valence electrons. The minimum atomic E-state index is 0. The van der Waals surface area contributed by atoms with E-state index in [1.165, 1.54) is 0 Å². The predicted molar refractivity (Wildman–Crippen MR) is 84.4 cm³/mol. The normalized spacial score (nSPS) is 11.3. The van der Waals surface area contributed by atoms with Crippen molar-refractivity contribution in [1.29, 1.82) is 0 Å². The van der Waals surface area contributed by atoms with E-state index in [9.17, 15) is 4.79 Å². The highest BCUT2D eigenvalue weighted by Crippen LogP contribution is 2.21. The SMILES string of the molecule is COc1ccccc1CC(C)CC(=O)NCCCN.Cl. The zero-order chi connectivity index (χ0) is 14.1. The molecular formula is C15H25ClN2O2. The summed E-state index contributed by atoms with van der Waals surface area (Å²) in [6.45, 7) is 3.35. The maximum absolute atomic E-state index is 11.7. The van der Waals surface area contributed by atoms with Crippen molar-refractivity contribution >= 4 is 18.3 Å². The van der Waals surface area contributed by atoms with Gasteiger partial charge in [-0.2, -0.15) is 0 Å². The molecule has 0 heterocycles. The molecule has 0 aliphatic rings. The van der Waals surface area contributed by atoms with Crippen molar-refractivity contribution in [2.45, 2.75) is 26.2 Å². The van der Waals surface area contributed by atoms with Crippen LogP contribution in [0.25, 0.3) is 0 Å². The van der Waals surface area contributed by atoms with E-state index < -0.39 is 0 Å². The number of rotatable bonds is 8. The summed E-state index contributed by atoms with van der Waals surface area (Å²) >= 11 is 0. The van der Waals surface area contributed by atoms with Crippen molar-refractivity contribution < 1.29 is 9.53 Å². The van der Waals surface area contributed by atoms with Crippen LogP contribution in [0.2, 0.25) is 0 Å². The van der Waals surface area contributed by atoms with Gasteiger partial charge < -0.3 is 15.8 Å². The maximum atomic E-state index is 11.7. The van der Waals surface area contributed by atoms with E-state index in [2.05, 4.69) is 12.2 Å². The van der Waals surface area contributed by atoms with Crippen LogP contribution in [0.1, 0.15) is 25.3 Å². The van der Waals surface area contributed by atoms with Gasteiger partial charge in [-0.15, -0.1) is 12.4 Å². The number of carbonyl (C=O) groups is 1. The number of benzene rings is 1. The summed E-state index contributed by atoms with van der Waals surface area (Å²) in [6, 6.07) is 7.93. The fourth-order valence-electron chi connectivity index (χ4n) is 2.04. The first-order chi connectivity index (χ1) is 9.17. The number of hydrogen-bond donors (Lipinski definition) is 2. The Bertz CT molecular complexity index is 399. The van der Waals surface area contributed by atoms with Gasteiger partial charge in [0.05, 0.1) is 7.11 Å². The van der Waals surface area contributed by atoms with Crippen LogP contribution in [0, 0.1) is 5.92 Å². The first-order valence-electron chi connectivity index (χ1n) is 6.76. The first kappa shape index (κ1) is 18.7. The third-order valence-electron chi connectivity index (χ3n) is 3.00. The summed E-state index contributed by atoms with van der Waals surface area (Å²) in [6.07, 6.45) is 2.20. The number of para-hydroxylation sites is 1. The molecule has 0 aromatic heterocycles. The molecule has 0 spiro atoms. The molecule has 0 aliphatic carbocycles. The number of nitrogens with one attached hydrogen (secondary N) is 1. The van der Waals surface area contributed by atoms with Gasteiger partial charge in [0.15, 0.2) is 0 Å². The highest BCUT2D eigenvalue weighted by Gasteiger charge is 2.11. The van der Waals surface area contributed by atoms with Crippen LogP contribution in [-0.2, 0) is 11.2 Å². The van der Waals surface area contributed by atoms with Crippen LogP contribution in [-0.4, -0.2) is 26.1 Å². The maximum Gasteiger partial charge on any atom is 0.220 e. The second-order valence-electron chi connectivity index (χ2n) is 4.82. The molecule has 1 amide bonds. The minimum Gasteiger partial charge on any atom is -0.496 e. The second kappa shape index (κ2) is 10.5. The molecule has 1 rings (SSSR count). The summed E-state index contributed by atoms with van der Waals surface area (Å²) in [4.78, 5) is 11.7. The molecule has 1 aromatic rings. The number of ether oxygens (including phenoxy) is 1. The standard InChI is InChI=1S/C15H24N2O2.ClH/c1-12(11-15(18)17-9-5-8-16)10-13-6-3-4-7-14(13)19-2;/h3-4,6-7,12H,5,8-11,16H2,1-2H3,(H,17,18);1H. The molecule has 3 N–H and O–H groups in total. The number of halogens is 1. The lowest BCUT2D eigenvalue weighted by atomic mass is 9.97. The molecule has 0 aliphatic heterocycles. The smallest absolute Gasteiger partial charge is 0.220 e. The van der Waals surface area contributed by atoms with Crippen molar-refractivity contribution in [3.05, 3.63) is 29.8 Å². The van der Waals surface area contributed by atoms with Crippen molar-refractivity contribution in [1.82, 2.24) is 5.32 Å². The van der Waals surface area contributed by atoms with Crippen molar-refractivity contribution in [3.8, 4) is 5.75 Å². The molecule has 1 unspecified atom stereocenters. The molecule has 0 fully saturated rings. The van der Waals surface area contributed by atoms with Crippen molar-refractivity contribution in [2.75, 3.05) is 20.2 Å². The van der Waals surface area contributed by atoms with Crippen molar-refractivity contribution in [2.24, 2.45) is 11.7 Å². The van der Waals surface area contributed by atoms with Gasteiger partial charge in [0, 0.05) is 13.0 Å². The number of methoxy groups -OCH3 is 1. The highest BCUT2D eigenvalue weighted by atomic mass is 35.5. The fraction of sp³-hybridized carbons (Fsp3) is 0.533. The molecule has 4 nitrogen and oxygen atoms in total. The Hall–Kier alpha value is -1.26. The summed E-state index contributed by atoms with van der Waals surface area (Å²) in [5, 5.41) is 2.88. The van der Waals surface area contributed by atoms with Gasteiger partial charge in [-0.25, -0.2) is 0 Å². The van der Waals surface area contributed by atoms with E-state index in [4.69, 9.17) is 10.5 Å². The lowest BCUT2D eigenvalue weighted by molar-refractivity contribution is -0.121. The quantitative estimate of drug-likeness (QED) is 0.723. The van der Waals surface area contributed by atoms with Crippen LogP contribution in [0.4, 0.5) is 0 Å². The van der Waals surface area contributed by atoms with Crippen LogP contribution < -0.4 is 15.8 Å². The Kier molecular flexibility index (Phi) is 9.86. The van der Waals surface area contributed by atoms with Crippen LogP contribution in [0.15, 0.2) is 24.3 Å². The second-order valence-corrected chi connectivity index (χ2v) is 4.82. The van der Waals surface area contributed by atoms with E-state index in [0.717, 1.165) is 24.2 Å². The van der Waals surface area contributed by atoms with Gasteiger partial charge in [-0.1, -0.05) is 25.1 Å². The fourth-order valence-corrected chi connectivity index (χ4v) is 2.04. The zero-order valence-electron chi connectivity index (χ0n) is 12.2. The first-order valence-corrected chi connectivity index (χ1v) is 6.76. The Labute approximate surface area is 127 Å². The average Bonchev–Trinajstić information content (AvgIpc) is 2.39. The Morgan fingerprint density at radius 1 is 1.40 bits per heavy atom. The van der Waals surface area contributed by atoms with E-state index in [-0.39, 0.29) is 24.2 Å². The number of carbonyl (C=O) groups excluding carboxylic acids is 1. The summed E-state index contributed by atoms with van der Waals surface area (Å²) in [5.41, 5.74) is 6.53. The molecule has 0 bridgehead atoms. The van der Waals surface area contributed by atoms with Crippen LogP contribution in [0.3, 0.4) is 0 Å². The highest BCUT2D eigenvalue weighted by molar-refractivity contribution is 5.85. The lowest BCUT2D eigenvalue weighted by Crippen LogP contribution is -2.27. The van der Waals surface area contributed by atoms with Gasteiger partial charge in [0.1, 0.15) is 5.75 Å². The van der Waals surface area contributed by atoms with Gasteiger partial charge in [-0.3, -0.25) is 4.79 Å². The van der Waals surface area contributed by atoms with E-state index in [0.29, 0.717) is 19.5 Å². The Morgan fingerprint density at radius 3 is 2.75 bits per heavy atom. The Balaban J connectivity index is 0.00000361. The monoisotopic (exact) mass is 300 g/mol. The van der Waals surface area contributed by atoms with Crippen LogP contribution in [0.5, 0.6) is 5.75 Å². The molecule has 0 saturated heterocycles. The topological polar surface area (TPSA) is 64.3 Å². The summed E-state index contributed by atoms with van der Waals surface area (Å²) in [7, 11) is 1.67. The minimum absolute atomic E-state index is 0. The molecule has 1 aromatic carbocycles. The third-order valence-corrected chi connectivity index (χ3v) is 3.00. The van der Waals surface area contributed by atoms with Gasteiger partial charge >= 0.3 is 0 Å². The third kappa shape index (κ3) is 6.78. The lowest BCUT2D eigenvalue weighted by Gasteiger charge is -2.14. The van der Waals surface area contributed by atoms with Gasteiger partial charge in [0.25, 0.3) is 0 Å². The molecule has 0 saturated carbocycles. The number of hydrogen-bond acceptors (Lipinski definition) is 3. The van der Waals surface area contributed by atoms with Crippen LogP contribution >= 0.6 is 12.4 Å². The van der Waals surface area contributed by atoms with Crippen molar-refractivity contribution in [3.63, 3.8) is 0 Å². The number of nitrogens with two attached hydrogens (primary N) is 1. The molecular weight excluding hydrogens is 276 g/mol. The summed E-state index contributed by atoms with van der Waals surface area (Å²) < 4.78 is 5.32. The number of amides is 1. The average molecular weight is 301 g/mol. The molecule has 1 atom stereocenters.